The molecule has 0 saturated heterocycles. The fourth-order valence-corrected chi connectivity index (χ4v) is 2.59. The van der Waals surface area contributed by atoms with Crippen molar-refractivity contribution in [1.29, 1.82) is 0 Å². The van der Waals surface area contributed by atoms with Crippen LogP contribution in [0.15, 0.2) is 34.9 Å². The van der Waals surface area contributed by atoms with E-state index >= 15 is 0 Å². The molecule has 7 heteroatoms. The summed E-state index contributed by atoms with van der Waals surface area (Å²) in [5, 5.41) is 5.02. The van der Waals surface area contributed by atoms with Gasteiger partial charge in [0.05, 0.1) is 17.7 Å². The molecule has 2 aromatic rings. The van der Waals surface area contributed by atoms with Gasteiger partial charge in [-0.1, -0.05) is 0 Å². The number of hydrogen-bond donors (Lipinski definition) is 2. The van der Waals surface area contributed by atoms with Crippen LogP contribution >= 0.6 is 11.3 Å². The largest absolute Gasteiger partial charge is 0.461 e. The topological polar surface area (TPSA) is 88.4 Å². The summed E-state index contributed by atoms with van der Waals surface area (Å²) in [4.78, 5) is 36.4. The predicted molar refractivity (Wildman–Crippen MR) is 81.6 cm³/mol. The van der Waals surface area contributed by atoms with Gasteiger partial charge in [0, 0.05) is 10.9 Å². The number of ketones is 1. The Balaban J connectivity index is 1.91. The summed E-state index contributed by atoms with van der Waals surface area (Å²) >= 11 is 1.25. The molecule has 0 aromatic carbocycles. The van der Waals surface area contributed by atoms with Gasteiger partial charge in [0.1, 0.15) is 0 Å². The van der Waals surface area contributed by atoms with Crippen molar-refractivity contribution in [3.8, 4) is 0 Å². The zero-order valence-electron chi connectivity index (χ0n) is 12.2. The highest BCUT2D eigenvalue weighted by Gasteiger charge is 2.16. The zero-order chi connectivity index (χ0) is 16.1. The van der Waals surface area contributed by atoms with Crippen molar-refractivity contribution in [2.24, 2.45) is 0 Å². The number of hydrogen-bond acceptors (Lipinski definition) is 5. The Morgan fingerprint density at radius 3 is 2.59 bits per heavy atom. The third-order valence-electron chi connectivity index (χ3n) is 2.68. The van der Waals surface area contributed by atoms with Crippen LogP contribution in [0.3, 0.4) is 0 Å². The number of carbonyl (C=O) groups is 3. The first-order valence-corrected chi connectivity index (χ1v) is 7.54. The molecule has 0 fully saturated rings. The second-order valence-electron chi connectivity index (χ2n) is 4.88. The average molecular weight is 320 g/mol. The van der Waals surface area contributed by atoms with E-state index < -0.39 is 11.8 Å². The van der Waals surface area contributed by atoms with E-state index in [0.717, 1.165) is 4.88 Å². The van der Waals surface area contributed by atoms with Crippen LogP contribution in [0, 0.1) is 0 Å². The van der Waals surface area contributed by atoms with Crippen molar-refractivity contribution >= 4 is 28.9 Å². The van der Waals surface area contributed by atoms with Gasteiger partial charge < -0.3 is 15.1 Å². The summed E-state index contributed by atoms with van der Waals surface area (Å²) in [5.74, 6) is -1.29. The van der Waals surface area contributed by atoms with Gasteiger partial charge in [-0.25, -0.2) is 0 Å². The molecule has 22 heavy (non-hydrogen) atoms. The number of carbonyl (C=O) groups excluding carboxylic acids is 3. The Morgan fingerprint density at radius 2 is 1.95 bits per heavy atom. The molecule has 0 radical (unpaired) electrons. The second kappa shape index (κ2) is 7.04. The fraction of sp³-hybridized carbons (Fsp3) is 0.267. The summed E-state index contributed by atoms with van der Waals surface area (Å²) in [7, 11) is 0. The highest BCUT2D eigenvalue weighted by atomic mass is 32.1. The number of amides is 2. The Morgan fingerprint density at radius 1 is 1.18 bits per heavy atom. The van der Waals surface area contributed by atoms with Crippen LogP contribution in [0.1, 0.15) is 34.2 Å². The maximum atomic E-state index is 12.1. The smallest absolute Gasteiger partial charge is 0.309 e. The monoisotopic (exact) mass is 320 g/mol. The third-order valence-corrected chi connectivity index (χ3v) is 3.76. The molecule has 0 bridgehead atoms. The molecule has 2 amide bonds. The molecule has 6 nitrogen and oxygen atoms in total. The number of rotatable bonds is 5. The van der Waals surface area contributed by atoms with Gasteiger partial charge in [-0.2, -0.15) is 0 Å². The van der Waals surface area contributed by atoms with Gasteiger partial charge in [-0.15, -0.1) is 11.3 Å². The lowest BCUT2D eigenvalue weighted by atomic mass is 10.2. The highest BCUT2D eigenvalue weighted by Crippen LogP contribution is 2.20. The van der Waals surface area contributed by atoms with Crippen molar-refractivity contribution < 1.29 is 18.8 Å². The Labute approximate surface area is 131 Å². The van der Waals surface area contributed by atoms with Crippen molar-refractivity contribution in [2.75, 3.05) is 0 Å². The van der Waals surface area contributed by atoms with Gasteiger partial charge in [-0.3, -0.25) is 14.4 Å². The van der Waals surface area contributed by atoms with Crippen molar-refractivity contribution in [2.45, 2.75) is 26.4 Å². The maximum Gasteiger partial charge on any atom is 0.309 e. The molecule has 0 saturated carbocycles. The minimum absolute atomic E-state index is 0.0995. The summed E-state index contributed by atoms with van der Waals surface area (Å²) in [6.45, 7) is 3.74. The molecular formula is C15H16N2O4S. The lowest BCUT2D eigenvalue weighted by Gasteiger charge is -2.07. The number of thiophene rings is 1. The first kappa shape index (κ1) is 16.0. The standard InChI is InChI=1S/C15H16N2O4S/c1-9(2)17-15(20)14(19)16-8-10-5-6-12(22-10)13(18)11-4-3-7-21-11/h3-7,9H,8H2,1-2H3,(H,16,19)(H,17,20). The summed E-state index contributed by atoms with van der Waals surface area (Å²) in [5.41, 5.74) is 0. The van der Waals surface area contributed by atoms with Crippen LogP contribution < -0.4 is 10.6 Å². The van der Waals surface area contributed by atoms with E-state index in [1.807, 2.05) is 0 Å². The van der Waals surface area contributed by atoms with Gasteiger partial charge in [-0.05, 0) is 38.1 Å². The van der Waals surface area contributed by atoms with E-state index in [2.05, 4.69) is 10.6 Å². The van der Waals surface area contributed by atoms with Crippen LogP contribution in [0.4, 0.5) is 0 Å². The minimum Gasteiger partial charge on any atom is -0.461 e. The van der Waals surface area contributed by atoms with Crippen LogP contribution in [0.25, 0.3) is 0 Å². The van der Waals surface area contributed by atoms with Crippen LogP contribution in [-0.2, 0) is 16.1 Å². The molecule has 2 heterocycles. The first-order chi connectivity index (χ1) is 10.5. The molecule has 0 atom stereocenters. The molecule has 2 aromatic heterocycles. The normalized spacial score (nSPS) is 10.5. The average Bonchev–Trinajstić information content (AvgIpc) is 3.14. The molecule has 2 N–H and O–H groups in total. The molecule has 0 spiro atoms. The molecule has 2 rings (SSSR count). The van der Waals surface area contributed by atoms with E-state index in [9.17, 15) is 14.4 Å². The SMILES string of the molecule is CC(C)NC(=O)C(=O)NCc1ccc(C(=O)c2ccco2)s1. The molecule has 0 aliphatic heterocycles. The minimum atomic E-state index is -0.694. The van der Waals surface area contributed by atoms with Crippen molar-refractivity contribution in [3.63, 3.8) is 0 Å². The Kier molecular flexibility index (Phi) is 5.11. The van der Waals surface area contributed by atoms with Crippen LogP contribution in [-0.4, -0.2) is 23.6 Å². The molecular weight excluding hydrogens is 304 g/mol. The van der Waals surface area contributed by atoms with Gasteiger partial charge in [0.15, 0.2) is 5.76 Å². The Bertz CT molecular complexity index is 674. The Hall–Kier alpha value is -2.41. The first-order valence-electron chi connectivity index (χ1n) is 6.73. The summed E-state index contributed by atoms with van der Waals surface area (Å²) in [6.07, 6.45) is 1.44. The van der Waals surface area contributed by atoms with Crippen molar-refractivity contribution in [3.05, 3.63) is 46.0 Å². The molecule has 0 aliphatic carbocycles. The van der Waals surface area contributed by atoms with E-state index in [1.54, 1.807) is 38.1 Å². The van der Waals surface area contributed by atoms with E-state index in [-0.39, 0.29) is 24.1 Å². The highest BCUT2D eigenvalue weighted by molar-refractivity contribution is 7.14. The van der Waals surface area contributed by atoms with E-state index in [0.29, 0.717) is 4.88 Å². The molecule has 0 unspecified atom stereocenters. The van der Waals surface area contributed by atoms with Gasteiger partial charge in [0.25, 0.3) is 0 Å². The lowest BCUT2D eigenvalue weighted by molar-refractivity contribution is -0.139. The zero-order valence-corrected chi connectivity index (χ0v) is 13.0. The quantitative estimate of drug-likeness (QED) is 0.648. The van der Waals surface area contributed by atoms with E-state index in [1.165, 1.54) is 17.6 Å². The summed E-state index contributed by atoms with van der Waals surface area (Å²) < 4.78 is 5.06. The van der Waals surface area contributed by atoms with Crippen molar-refractivity contribution in [1.82, 2.24) is 10.6 Å². The van der Waals surface area contributed by atoms with Crippen LogP contribution in [0.2, 0.25) is 0 Å². The molecule has 116 valence electrons. The summed E-state index contributed by atoms with van der Waals surface area (Å²) in [6, 6.07) is 6.55. The predicted octanol–water partition coefficient (Wildman–Crippen LogP) is 1.71. The number of furan rings is 1. The van der Waals surface area contributed by atoms with Gasteiger partial charge in [0.2, 0.25) is 5.78 Å². The van der Waals surface area contributed by atoms with Crippen LogP contribution in [0.5, 0.6) is 0 Å². The lowest BCUT2D eigenvalue weighted by Crippen LogP contribution is -2.42. The number of nitrogens with one attached hydrogen (secondary N) is 2. The van der Waals surface area contributed by atoms with E-state index in [4.69, 9.17) is 4.42 Å². The third kappa shape index (κ3) is 4.05. The second-order valence-corrected chi connectivity index (χ2v) is 6.05. The maximum absolute atomic E-state index is 12.1. The molecule has 0 aliphatic rings. The van der Waals surface area contributed by atoms with Gasteiger partial charge >= 0.3 is 11.8 Å². The fourth-order valence-electron chi connectivity index (χ4n) is 1.70.